The monoisotopic (exact) mass is 292 g/mol. The van der Waals surface area contributed by atoms with Gasteiger partial charge in [-0.1, -0.05) is 30.3 Å². The van der Waals surface area contributed by atoms with Crippen LogP contribution in [0.25, 0.3) is 0 Å². The van der Waals surface area contributed by atoms with Crippen molar-refractivity contribution in [3.05, 3.63) is 35.9 Å². The molecule has 1 aromatic rings. The van der Waals surface area contributed by atoms with Gasteiger partial charge in [-0.15, -0.1) is 0 Å². The highest BCUT2D eigenvalue weighted by atomic mass is 16.5. The summed E-state index contributed by atoms with van der Waals surface area (Å²) in [6.45, 7) is -0.395. The van der Waals surface area contributed by atoms with Crippen LogP contribution < -0.4 is 5.32 Å². The Morgan fingerprint density at radius 3 is 2.62 bits per heavy atom. The summed E-state index contributed by atoms with van der Waals surface area (Å²) in [6.07, 6.45) is -0.932. The van der Waals surface area contributed by atoms with Crippen molar-refractivity contribution in [2.75, 3.05) is 20.2 Å². The van der Waals surface area contributed by atoms with Gasteiger partial charge in [0.15, 0.2) is 6.10 Å². The van der Waals surface area contributed by atoms with Crippen molar-refractivity contribution in [1.29, 1.82) is 0 Å². The van der Waals surface area contributed by atoms with Gasteiger partial charge in [0.1, 0.15) is 12.6 Å². The van der Waals surface area contributed by atoms with Gasteiger partial charge in [-0.25, -0.2) is 4.79 Å². The van der Waals surface area contributed by atoms with Crippen LogP contribution in [-0.2, 0) is 19.1 Å². The van der Waals surface area contributed by atoms with Crippen LogP contribution in [0.4, 0.5) is 0 Å². The lowest BCUT2D eigenvalue weighted by Gasteiger charge is -2.34. The molecular weight excluding hydrogens is 276 g/mol. The van der Waals surface area contributed by atoms with Crippen molar-refractivity contribution in [2.24, 2.45) is 0 Å². The number of ether oxygens (including phenoxy) is 1. The molecule has 0 aromatic heterocycles. The fourth-order valence-electron chi connectivity index (χ4n) is 2.25. The van der Waals surface area contributed by atoms with Crippen molar-refractivity contribution in [2.45, 2.75) is 12.1 Å². The summed E-state index contributed by atoms with van der Waals surface area (Å²) in [7, 11) is 1.37. The molecule has 1 aromatic carbocycles. The lowest BCUT2D eigenvalue weighted by molar-refractivity contribution is -0.159. The Morgan fingerprint density at radius 1 is 1.38 bits per heavy atom. The van der Waals surface area contributed by atoms with Gasteiger partial charge in [-0.2, -0.15) is 0 Å². The molecule has 0 saturated carbocycles. The maximum Gasteiger partial charge on any atom is 0.328 e. The first-order valence-corrected chi connectivity index (χ1v) is 6.42. The highest BCUT2D eigenvalue weighted by Crippen LogP contribution is 2.21. The molecule has 0 bridgehead atoms. The first kappa shape index (κ1) is 15.0. The van der Waals surface area contributed by atoms with E-state index in [0.29, 0.717) is 5.56 Å². The summed E-state index contributed by atoms with van der Waals surface area (Å²) in [6, 6.07) is 7.65. The van der Waals surface area contributed by atoms with Crippen molar-refractivity contribution in [3.8, 4) is 0 Å². The smallest absolute Gasteiger partial charge is 0.328 e. The van der Waals surface area contributed by atoms with E-state index in [9.17, 15) is 19.5 Å². The molecule has 2 amide bonds. The number of methoxy groups -OCH3 is 1. The fraction of sp³-hybridized carbons (Fsp3) is 0.357. The van der Waals surface area contributed by atoms with E-state index in [1.54, 1.807) is 30.3 Å². The fourth-order valence-corrected chi connectivity index (χ4v) is 2.25. The lowest BCUT2D eigenvalue weighted by atomic mass is 10.1. The Bertz CT molecular complexity index is 546. The third-order valence-electron chi connectivity index (χ3n) is 3.31. The predicted octanol–water partition coefficient (Wildman–Crippen LogP) is -0.214. The van der Waals surface area contributed by atoms with Gasteiger partial charge in [-0.05, 0) is 5.56 Å². The predicted molar refractivity (Wildman–Crippen MR) is 72.3 cm³/mol. The minimum atomic E-state index is -1.16. The molecular formula is C14H16N2O5. The van der Waals surface area contributed by atoms with Gasteiger partial charge >= 0.3 is 5.97 Å². The molecule has 1 aliphatic rings. The highest BCUT2D eigenvalue weighted by Gasteiger charge is 2.38. The summed E-state index contributed by atoms with van der Waals surface area (Å²) in [5.41, 5.74) is 0.611. The molecule has 112 valence electrons. The maximum atomic E-state index is 12.5. The summed E-state index contributed by atoms with van der Waals surface area (Å²) < 4.78 is 5.20. The van der Waals surface area contributed by atoms with Crippen molar-refractivity contribution < 1.29 is 24.2 Å². The van der Waals surface area contributed by atoms with Gasteiger partial charge < -0.3 is 20.1 Å². The Balaban J connectivity index is 2.26. The van der Waals surface area contributed by atoms with E-state index < -0.39 is 24.0 Å². The second kappa shape index (κ2) is 6.36. The van der Waals surface area contributed by atoms with Gasteiger partial charge in [0, 0.05) is 13.7 Å². The molecule has 2 N–H and O–H groups in total. The number of aliphatic carboxylic acids is 1. The molecule has 1 saturated heterocycles. The van der Waals surface area contributed by atoms with Crippen LogP contribution in [-0.4, -0.2) is 54.0 Å². The van der Waals surface area contributed by atoms with E-state index in [0.717, 1.165) is 4.90 Å². The van der Waals surface area contributed by atoms with Gasteiger partial charge in [0.05, 0.1) is 0 Å². The van der Waals surface area contributed by atoms with E-state index in [4.69, 9.17) is 4.74 Å². The van der Waals surface area contributed by atoms with E-state index in [2.05, 4.69) is 5.32 Å². The number of amides is 2. The number of carboxylic acid groups (broad SMARTS) is 1. The number of benzene rings is 1. The number of carboxylic acids is 1. The number of carbonyl (C=O) groups excluding carboxylic acids is 2. The molecule has 0 aliphatic carbocycles. The Hall–Kier alpha value is -2.41. The summed E-state index contributed by atoms with van der Waals surface area (Å²) in [5, 5.41) is 11.6. The molecule has 1 aliphatic heterocycles. The quantitative estimate of drug-likeness (QED) is 0.800. The standard InChI is InChI=1S/C14H16N2O5/c1-21-12(9-5-3-2-4-6-9)13(18)16-8-11(17)15-7-10(16)14(19)20/h2-6,10,12H,7-8H2,1H3,(H,15,17)(H,19,20). The molecule has 7 nitrogen and oxygen atoms in total. The zero-order valence-electron chi connectivity index (χ0n) is 11.5. The summed E-state index contributed by atoms with van der Waals surface area (Å²) >= 11 is 0. The van der Waals surface area contributed by atoms with Gasteiger partial charge in [0.25, 0.3) is 5.91 Å². The first-order valence-electron chi connectivity index (χ1n) is 6.42. The third-order valence-corrected chi connectivity index (χ3v) is 3.31. The lowest BCUT2D eigenvalue weighted by Crippen LogP contribution is -2.60. The third kappa shape index (κ3) is 3.19. The Morgan fingerprint density at radius 2 is 2.05 bits per heavy atom. The molecule has 21 heavy (non-hydrogen) atoms. The minimum absolute atomic E-state index is 0.106. The molecule has 0 spiro atoms. The molecule has 1 fully saturated rings. The van der Waals surface area contributed by atoms with Crippen molar-refractivity contribution in [3.63, 3.8) is 0 Å². The highest BCUT2D eigenvalue weighted by molar-refractivity contribution is 5.93. The molecule has 1 heterocycles. The number of carbonyl (C=O) groups is 3. The van der Waals surface area contributed by atoms with Crippen LogP contribution in [0.15, 0.2) is 30.3 Å². The van der Waals surface area contributed by atoms with Crippen LogP contribution in [0.5, 0.6) is 0 Å². The normalized spacial score (nSPS) is 19.8. The zero-order chi connectivity index (χ0) is 15.4. The van der Waals surface area contributed by atoms with Crippen molar-refractivity contribution in [1.82, 2.24) is 10.2 Å². The summed E-state index contributed by atoms with van der Waals surface area (Å²) in [4.78, 5) is 36.3. The van der Waals surface area contributed by atoms with Crippen LogP contribution in [0, 0.1) is 0 Å². The summed E-state index contributed by atoms with van der Waals surface area (Å²) in [5.74, 6) is -2.08. The second-order valence-electron chi connectivity index (χ2n) is 4.65. The Kier molecular flexibility index (Phi) is 4.54. The average Bonchev–Trinajstić information content (AvgIpc) is 2.48. The molecule has 0 radical (unpaired) electrons. The Labute approximate surface area is 121 Å². The molecule has 2 rings (SSSR count). The number of piperazine rings is 1. The molecule has 7 heteroatoms. The molecule has 2 atom stereocenters. The van der Waals surface area contributed by atoms with E-state index in [1.807, 2.05) is 0 Å². The average molecular weight is 292 g/mol. The van der Waals surface area contributed by atoms with E-state index in [-0.39, 0.29) is 19.0 Å². The first-order chi connectivity index (χ1) is 10.0. The van der Waals surface area contributed by atoms with Crippen LogP contribution in [0.2, 0.25) is 0 Å². The zero-order valence-corrected chi connectivity index (χ0v) is 11.5. The number of nitrogens with one attached hydrogen (secondary N) is 1. The van der Waals surface area contributed by atoms with E-state index in [1.165, 1.54) is 7.11 Å². The number of hydrogen-bond donors (Lipinski definition) is 2. The van der Waals surface area contributed by atoms with Crippen LogP contribution in [0.1, 0.15) is 11.7 Å². The molecule has 2 unspecified atom stereocenters. The minimum Gasteiger partial charge on any atom is -0.480 e. The second-order valence-corrected chi connectivity index (χ2v) is 4.65. The topological polar surface area (TPSA) is 95.9 Å². The van der Waals surface area contributed by atoms with Gasteiger partial charge in [0.2, 0.25) is 5.91 Å². The van der Waals surface area contributed by atoms with Crippen LogP contribution >= 0.6 is 0 Å². The van der Waals surface area contributed by atoms with Crippen molar-refractivity contribution >= 4 is 17.8 Å². The van der Waals surface area contributed by atoms with Crippen LogP contribution in [0.3, 0.4) is 0 Å². The SMILES string of the molecule is COC(C(=O)N1CC(=O)NCC1C(=O)O)c1ccccc1. The number of nitrogens with zero attached hydrogens (tertiary/aromatic N) is 1. The largest absolute Gasteiger partial charge is 0.480 e. The van der Waals surface area contributed by atoms with Gasteiger partial charge in [-0.3, -0.25) is 9.59 Å². The number of rotatable bonds is 4. The van der Waals surface area contributed by atoms with E-state index >= 15 is 0 Å². The maximum absolute atomic E-state index is 12.5. The number of hydrogen-bond acceptors (Lipinski definition) is 4.